The largest absolute Gasteiger partial charge is 0.480 e. The number of carbonyl (C=O) groups excluding carboxylic acids is 1. The van der Waals surface area contributed by atoms with Crippen molar-refractivity contribution in [2.24, 2.45) is 0 Å². The molecule has 0 radical (unpaired) electrons. The third-order valence-electron chi connectivity index (χ3n) is 2.65. The van der Waals surface area contributed by atoms with Crippen LogP contribution in [-0.2, 0) is 9.59 Å². The number of nitrogens with one attached hydrogen (secondary N) is 1. The highest BCUT2D eigenvalue weighted by molar-refractivity contribution is 5.75. The minimum Gasteiger partial charge on any atom is -0.480 e. The minimum absolute atomic E-state index is 0.108. The number of hydrogen-bond acceptors (Lipinski definition) is 5. The molecule has 0 heterocycles. The smallest absolute Gasteiger partial charge is 0.317 e. The molecule has 0 saturated carbocycles. The molecule has 7 heteroatoms. The van der Waals surface area contributed by atoms with Gasteiger partial charge in [0, 0.05) is 19.5 Å². The Morgan fingerprint density at radius 3 is 2.65 bits per heavy atom. The van der Waals surface area contributed by atoms with Gasteiger partial charge in [-0.15, -0.1) is 0 Å². The fourth-order valence-electron chi connectivity index (χ4n) is 1.60. The number of allylic oxidation sites excluding steroid dienone is 2. The summed E-state index contributed by atoms with van der Waals surface area (Å²) in [5.74, 6) is -1.21. The standard InChI is InChI=1S/C13H24N2O5/c1-2-3-4-5-6-11(17)14-7-8-15(9-13(19)20)12(18)10-16/h2-3,12,16,18H,4-10H2,1H3,(H,14,17)(H,19,20)/b3-2+. The lowest BCUT2D eigenvalue weighted by Crippen LogP contribution is -2.45. The summed E-state index contributed by atoms with van der Waals surface area (Å²) < 4.78 is 0. The van der Waals surface area contributed by atoms with Crippen LogP contribution in [0.2, 0.25) is 0 Å². The predicted molar refractivity (Wildman–Crippen MR) is 74.0 cm³/mol. The van der Waals surface area contributed by atoms with Gasteiger partial charge in [0.25, 0.3) is 0 Å². The molecule has 1 atom stereocenters. The van der Waals surface area contributed by atoms with Crippen molar-refractivity contribution in [3.05, 3.63) is 12.2 Å². The highest BCUT2D eigenvalue weighted by Crippen LogP contribution is 1.97. The summed E-state index contributed by atoms with van der Waals surface area (Å²) in [7, 11) is 0. The maximum atomic E-state index is 11.5. The van der Waals surface area contributed by atoms with Crippen molar-refractivity contribution in [3.63, 3.8) is 0 Å². The first-order chi connectivity index (χ1) is 9.51. The van der Waals surface area contributed by atoms with Gasteiger partial charge in [0.2, 0.25) is 5.91 Å². The second-order valence-electron chi connectivity index (χ2n) is 4.34. The van der Waals surface area contributed by atoms with Gasteiger partial charge in [-0.1, -0.05) is 12.2 Å². The topological polar surface area (TPSA) is 110 Å². The Labute approximate surface area is 118 Å². The number of aliphatic carboxylic acids is 1. The number of aliphatic hydroxyl groups is 2. The highest BCUT2D eigenvalue weighted by Gasteiger charge is 2.17. The van der Waals surface area contributed by atoms with Crippen molar-refractivity contribution < 1.29 is 24.9 Å². The number of carbonyl (C=O) groups is 2. The molecule has 0 fully saturated rings. The van der Waals surface area contributed by atoms with Gasteiger partial charge in [0.15, 0.2) is 0 Å². The Kier molecular flexibility index (Phi) is 10.6. The molecule has 7 nitrogen and oxygen atoms in total. The van der Waals surface area contributed by atoms with E-state index in [1.54, 1.807) is 0 Å². The monoisotopic (exact) mass is 288 g/mol. The summed E-state index contributed by atoms with van der Waals surface area (Å²) in [5, 5.41) is 29.6. The molecule has 4 N–H and O–H groups in total. The molecule has 20 heavy (non-hydrogen) atoms. The van der Waals surface area contributed by atoms with Gasteiger partial charge in [-0.25, -0.2) is 0 Å². The molecule has 0 aliphatic heterocycles. The van der Waals surface area contributed by atoms with E-state index in [4.69, 9.17) is 10.2 Å². The Morgan fingerprint density at radius 1 is 1.40 bits per heavy atom. The van der Waals surface area contributed by atoms with Gasteiger partial charge < -0.3 is 20.6 Å². The number of rotatable bonds is 11. The fourth-order valence-corrected chi connectivity index (χ4v) is 1.60. The summed E-state index contributed by atoms with van der Waals surface area (Å²) in [4.78, 5) is 23.3. The van der Waals surface area contributed by atoms with Crippen LogP contribution in [0, 0.1) is 0 Å². The predicted octanol–water partition coefficient (Wildman–Crippen LogP) is -0.454. The van der Waals surface area contributed by atoms with Gasteiger partial charge in [-0.3, -0.25) is 14.5 Å². The summed E-state index contributed by atoms with van der Waals surface area (Å²) in [6, 6.07) is 0. The average molecular weight is 288 g/mol. The summed E-state index contributed by atoms with van der Waals surface area (Å²) in [6.07, 6.45) is 4.69. The molecule has 116 valence electrons. The van der Waals surface area contributed by atoms with E-state index in [-0.39, 0.29) is 25.5 Å². The number of carboxylic acids is 1. The van der Waals surface area contributed by atoms with Gasteiger partial charge in [-0.2, -0.15) is 0 Å². The second-order valence-corrected chi connectivity index (χ2v) is 4.34. The molecule has 0 aliphatic rings. The second kappa shape index (κ2) is 11.4. The molecule has 0 aromatic heterocycles. The van der Waals surface area contributed by atoms with Crippen molar-refractivity contribution >= 4 is 11.9 Å². The van der Waals surface area contributed by atoms with Crippen LogP contribution in [0.5, 0.6) is 0 Å². The Bertz CT molecular complexity index is 320. The van der Waals surface area contributed by atoms with E-state index in [1.165, 1.54) is 4.90 Å². The van der Waals surface area contributed by atoms with Crippen LogP contribution in [0.1, 0.15) is 26.2 Å². The van der Waals surface area contributed by atoms with Gasteiger partial charge in [0.1, 0.15) is 6.23 Å². The van der Waals surface area contributed by atoms with Crippen LogP contribution in [-0.4, -0.2) is 64.6 Å². The molecule has 0 aromatic rings. The minimum atomic E-state index is -1.24. The molecule has 0 rings (SSSR count). The molecule has 0 spiro atoms. The zero-order chi connectivity index (χ0) is 15.4. The number of unbranched alkanes of at least 4 members (excludes halogenated alkanes) is 1. The van der Waals surface area contributed by atoms with E-state index >= 15 is 0 Å². The van der Waals surface area contributed by atoms with E-state index < -0.39 is 18.8 Å². The van der Waals surface area contributed by atoms with Crippen LogP contribution < -0.4 is 5.32 Å². The number of aliphatic hydroxyl groups excluding tert-OH is 2. The number of carboxylic acid groups (broad SMARTS) is 1. The third kappa shape index (κ3) is 9.48. The normalized spacial score (nSPS) is 12.8. The summed E-state index contributed by atoms with van der Waals surface area (Å²) in [6.45, 7) is 1.37. The van der Waals surface area contributed by atoms with Crippen LogP contribution in [0.25, 0.3) is 0 Å². The highest BCUT2D eigenvalue weighted by atomic mass is 16.4. The SMILES string of the molecule is C/C=C/CCCC(=O)NCCN(CC(=O)O)C(O)CO. The zero-order valence-electron chi connectivity index (χ0n) is 11.8. The third-order valence-corrected chi connectivity index (χ3v) is 2.65. The molecule has 1 amide bonds. The molecule has 0 saturated heterocycles. The first-order valence-electron chi connectivity index (χ1n) is 6.63. The van der Waals surface area contributed by atoms with Gasteiger partial charge in [0.05, 0.1) is 13.2 Å². The Balaban J connectivity index is 3.92. The maximum absolute atomic E-state index is 11.5. The van der Waals surface area contributed by atoms with E-state index in [1.807, 2.05) is 19.1 Å². The lowest BCUT2D eigenvalue weighted by molar-refractivity contribution is -0.142. The van der Waals surface area contributed by atoms with Crippen LogP contribution >= 0.6 is 0 Å². The number of hydrogen-bond donors (Lipinski definition) is 4. The van der Waals surface area contributed by atoms with Crippen molar-refractivity contribution in [2.75, 3.05) is 26.2 Å². The number of nitrogens with zero attached hydrogens (tertiary/aromatic N) is 1. The molecule has 0 aliphatic carbocycles. The van der Waals surface area contributed by atoms with Crippen molar-refractivity contribution in [2.45, 2.75) is 32.4 Å². The van der Waals surface area contributed by atoms with Crippen LogP contribution in [0.4, 0.5) is 0 Å². The van der Waals surface area contributed by atoms with E-state index in [9.17, 15) is 14.7 Å². The molecular formula is C13H24N2O5. The van der Waals surface area contributed by atoms with Gasteiger partial charge in [-0.05, 0) is 19.8 Å². The molecule has 1 unspecified atom stereocenters. The molecule has 0 aromatic carbocycles. The first-order valence-corrected chi connectivity index (χ1v) is 6.63. The zero-order valence-corrected chi connectivity index (χ0v) is 11.8. The van der Waals surface area contributed by atoms with Crippen molar-refractivity contribution in [1.82, 2.24) is 10.2 Å². The summed E-state index contributed by atoms with van der Waals surface area (Å²) in [5.41, 5.74) is 0. The first kappa shape index (κ1) is 18.6. The average Bonchev–Trinajstić information content (AvgIpc) is 2.41. The van der Waals surface area contributed by atoms with Crippen molar-refractivity contribution in [1.29, 1.82) is 0 Å². The maximum Gasteiger partial charge on any atom is 0.317 e. The van der Waals surface area contributed by atoms with E-state index in [0.717, 1.165) is 12.8 Å². The lowest BCUT2D eigenvalue weighted by atomic mass is 10.2. The molecular weight excluding hydrogens is 264 g/mol. The van der Waals surface area contributed by atoms with Gasteiger partial charge >= 0.3 is 5.97 Å². The van der Waals surface area contributed by atoms with Crippen LogP contribution in [0.15, 0.2) is 12.2 Å². The quantitative estimate of drug-likeness (QED) is 0.233. The molecule has 0 bridgehead atoms. The Morgan fingerprint density at radius 2 is 2.10 bits per heavy atom. The van der Waals surface area contributed by atoms with E-state index in [2.05, 4.69) is 5.32 Å². The Hall–Kier alpha value is -1.44. The van der Waals surface area contributed by atoms with Crippen molar-refractivity contribution in [3.8, 4) is 0 Å². The summed E-state index contributed by atoms with van der Waals surface area (Å²) >= 11 is 0. The number of amides is 1. The lowest BCUT2D eigenvalue weighted by Gasteiger charge is -2.24. The van der Waals surface area contributed by atoms with Crippen LogP contribution in [0.3, 0.4) is 0 Å². The van der Waals surface area contributed by atoms with E-state index in [0.29, 0.717) is 6.42 Å². The fraction of sp³-hybridized carbons (Fsp3) is 0.692.